The molecular formula is C15H19N3O2S. The van der Waals surface area contributed by atoms with E-state index in [9.17, 15) is 4.79 Å². The highest BCUT2D eigenvalue weighted by atomic mass is 32.1. The Morgan fingerprint density at radius 2 is 2.43 bits per heavy atom. The lowest BCUT2D eigenvalue weighted by molar-refractivity contribution is -0.133. The summed E-state index contributed by atoms with van der Waals surface area (Å²) in [4.78, 5) is 18.9. The first-order valence-electron chi connectivity index (χ1n) is 7.26. The Balaban J connectivity index is 1.69. The van der Waals surface area contributed by atoms with Crippen LogP contribution in [-0.2, 0) is 4.79 Å². The Kier molecular flexibility index (Phi) is 4.05. The molecule has 0 unspecified atom stereocenters. The van der Waals surface area contributed by atoms with Gasteiger partial charge in [-0.2, -0.15) is 16.3 Å². The van der Waals surface area contributed by atoms with E-state index in [0.29, 0.717) is 12.4 Å². The zero-order chi connectivity index (χ0) is 14.8. The summed E-state index contributed by atoms with van der Waals surface area (Å²) >= 11 is 1.63. The number of thiophene rings is 1. The van der Waals surface area contributed by atoms with E-state index in [1.165, 1.54) is 0 Å². The number of likely N-dealkylation sites (tertiary alicyclic amines) is 1. The normalized spacial score (nSPS) is 20.5. The Hall–Kier alpha value is -1.69. The second-order valence-electron chi connectivity index (χ2n) is 5.57. The van der Waals surface area contributed by atoms with Crippen molar-refractivity contribution in [3.8, 4) is 0 Å². The summed E-state index contributed by atoms with van der Waals surface area (Å²) in [7, 11) is 0. The van der Waals surface area contributed by atoms with E-state index >= 15 is 0 Å². The Bertz CT molecular complexity index is 608. The molecule has 3 heterocycles. The van der Waals surface area contributed by atoms with E-state index in [4.69, 9.17) is 4.52 Å². The number of amides is 1. The van der Waals surface area contributed by atoms with Crippen molar-refractivity contribution in [2.45, 2.75) is 38.5 Å². The SMILES string of the molecule is Cc1nc([C@H]2CCCN(C(=O)[C@H](C)c3ccsc3)C2)no1. The first-order valence-corrected chi connectivity index (χ1v) is 8.20. The van der Waals surface area contributed by atoms with Gasteiger partial charge in [0.25, 0.3) is 0 Å². The van der Waals surface area contributed by atoms with Gasteiger partial charge >= 0.3 is 0 Å². The van der Waals surface area contributed by atoms with Gasteiger partial charge in [-0.1, -0.05) is 5.16 Å². The third-order valence-corrected chi connectivity index (χ3v) is 4.76. The number of hydrogen-bond acceptors (Lipinski definition) is 5. The molecule has 0 spiro atoms. The predicted molar refractivity (Wildman–Crippen MR) is 80.3 cm³/mol. The van der Waals surface area contributed by atoms with E-state index in [0.717, 1.165) is 30.8 Å². The Morgan fingerprint density at radius 1 is 1.57 bits per heavy atom. The molecule has 2 atom stereocenters. The average molecular weight is 305 g/mol. The largest absolute Gasteiger partial charge is 0.341 e. The maximum atomic E-state index is 12.6. The number of piperidine rings is 1. The maximum Gasteiger partial charge on any atom is 0.229 e. The van der Waals surface area contributed by atoms with Crippen molar-refractivity contribution in [1.82, 2.24) is 15.0 Å². The van der Waals surface area contributed by atoms with Gasteiger partial charge in [0, 0.05) is 25.9 Å². The molecule has 0 radical (unpaired) electrons. The van der Waals surface area contributed by atoms with Crippen LogP contribution in [0.4, 0.5) is 0 Å². The highest BCUT2D eigenvalue weighted by Gasteiger charge is 2.30. The topological polar surface area (TPSA) is 59.2 Å². The molecule has 2 aromatic rings. The molecule has 1 saturated heterocycles. The first kappa shape index (κ1) is 14.3. The van der Waals surface area contributed by atoms with Crippen LogP contribution >= 0.6 is 11.3 Å². The summed E-state index contributed by atoms with van der Waals surface area (Å²) in [6, 6.07) is 2.03. The van der Waals surface area contributed by atoms with E-state index in [2.05, 4.69) is 10.1 Å². The van der Waals surface area contributed by atoms with Gasteiger partial charge in [-0.05, 0) is 42.2 Å². The third-order valence-electron chi connectivity index (χ3n) is 4.06. The Morgan fingerprint density at radius 3 is 3.10 bits per heavy atom. The minimum Gasteiger partial charge on any atom is -0.341 e. The number of aryl methyl sites for hydroxylation is 1. The highest BCUT2D eigenvalue weighted by Crippen LogP contribution is 2.28. The van der Waals surface area contributed by atoms with Crippen LogP contribution in [0.3, 0.4) is 0 Å². The van der Waals surface area contributed by atoms with Crippen molar-refractivity contribution in [3.63, 3.8) is 0 Å². The van der Waals surface area contributed by atoms with Gasteiger partial charge in [-0.25, -0.2) is 0 Å². The third kappa shape index (κ3) is 3.00. The number of hydrogen-bond donors (Lipinski definition) is 0. The van der Waals surface area contributed by atoms with Crippen LogP contribution in [0.5, 0.6) is 0 Å². The molecule has 3 rings (SSSR count). The monoisotopic (exact) mass is 305 g/mol. The maximum absolute atomic E-state index is 12.6. The van der Waals surface area contributed by atoms with Gasteiger partial charge in [0.05, 0.1) is 5.92 Å². The van der Waals surface area contributed by atoms with Gasteiger partial charge in [0.15, 0.2) is 5.82 Å². The molecule has 1 aliphatic heterocycles. The standard InChI is InChI=1S/C15H19N3O2S/c1-10(13-5-7-21-9-13)15(19)18-6-3-4-12(8-18)14-16-11(2)20-17-14/h5,7,9-10,12H,3-4,6,8H2,1-2H3/t10-,12+/m1/s1. The fourth-order valence-electron chi connectivity index (χ4n) is 2.81. The lowest BCUT2D eigenvalue weighted by atomic mass is 9.95. The number of nitrogens with zero attached hydrogens (tertiary/aromatic N) is 3. The lowest BCUT2D eigenvalue weighted by Gasteiger charge is -2.33. The molecule has 1 aliphatic rings. The first-order chi connectivity index (χ1) is 10.1. The molecule has 0 N–H and O–H groups in total. The molecule has 21 heavy (non-hydrogen) atoms. The quantitative estimate of drug-likeness (QED) is 0.875. The zero-order valence-electron chi connectivity index (χ0n) is 12.3. The molecule has 0 saturated carbocycles. The summed E-state index contributed by atoms with van der Waals surface area (Å²) in [5, 5.41) is 8.07. The van der Waals surface area contributed by atoms with Gasteiger partial charge in [-0.15, -0.1) is 0 Å². The second-order valence-corrected chi connectivity index (χ2v) is 6.35. The fraction of sp³-hybridized carbons (Fsp3) is 0.533. The van der Waals surface area contributed by atoms with Crippen molar-refractivity contribution in [1.29, 1.82) is 0 Å². The van der Waals surface area contributed by atoms with Crippen molar-refractivity contribution in [2.24, 2.45) is 0 Å². The molecule has 0 bridgehead atoms. The van der Waals surface area contributed by atoms with Crippen molar-refractivity contribution in [3.05, 3.63) is 34.1 Å². The molecule has 2 aromatic heterocycles. The Labute approximate surface area is 128 Å². The summed E-state index contributed by atoms with van der Waals surface area (Å²) in [5.41, 5.74) is 1.10. The second kappa shape index (κ2) is 5.97. The zero-order valence-corrected chi connectivity index (χ0v) is 13.1. The molecular weight excluding hydrogens is 286 g/mol. The minimum atomic E-state index is -0.0815. The van der Waals surface area contributed by atoms with E-state index in [1.54, 1.807) is 18.3 Å². The molecule has 5 nitrogen and oxygen atoms in total. The van der Waals surface area contributed by atoms with Crippen LogP contribution in [0, 0.1) is 6.92 Å². The van der Waals surface area contributed by atoms with Gasteiger partial charge < -0.3 is 9.42 Å². The number of aromatic nitrogens is 2. The number of carbonyl (C=O) groups is 1. The van der Waals surface area contributed by atoms with Crippen LogP contribution in [-0.4, -0.2) is 34.0 Å². The predicted octanol–water partition coefficient (Wildman–Crippen LogP) is 2.95. The fourth-order valence-corrected chi connectivity index (χ4v) is 3.56. The van der Waals surface area contributed by atoms with E-state index < -0.39 is 0 Å². The number of rotatable bonds is 3. The molecule has 112 valence electrons. The molecule has 0 aromatic carbocycles. The minimum absolute atomic E-state index is 0.0815. The molecule has 0 aliphatic carbocycles. The van der Waals surface area contributed by atoms with E-state index in [-0.39, 0.29) is 17.7 Å². The van der Waals surface area contributed by atoms with Gasteiger partial charge in [0.2, 0.25) is 11.8 Å². The lowest BCUT2D eigenvalue weighted by Crippen LogP contribution is -2.41. The average Bonchev–Trinajstić information content (AvgIpc) is 3.17. The van der Waals surface area contributed by atoms with Crippen LogP contribution in [0.1, 0.15) is 48.9 Å². The summed E-state index contributed by atoms with van der Waals surface area (Å²) in [6.07, 6.45) is 2.00. The van der Waals surface area contributed by atoms with Crippen molar-refractivity contribution >= 4 is 17.2 Å². The van der Waals surface area contributed by atoms with Crippen molar-refractivity contribution in [2.75, 3.05) is 13.1 Å². The van der Waals surface area contributed by atoms with Gasteiger partial charge in [-0.3, -0.25) is 4.79 Å². The molecule has 1 amide bonds. The summed E-state index contributed by atoms with van der Waals surface area (Å²) < 4.78 is 5.06. The van der Waals surface area contributed by atoms with Crippen LogP contribution < -0.4 is 0 Å². The highest BCUT2D eigenvalue weighted by molar-refractivity contribution is 7.08. The van der Waals surface area contributed by atoms with Crippen LogP contribution in [0.2, 0.25) is 0 Å². The molecule has 1 fully saturated rings. The summed E-state index contributed by atoms with van der Waals surface area (Å²) in [6.45, 7) is 5.28. The van der Waals surface area contributed by atoms with Gasteiger partial charge in [0.1, 0.15) is 0 Å². The molecule has 6 heteroatoms. The summed E-state index contributed by atoms with van der Waals surface area (Å²) in [5.74, 6) is 1.61. The smallest absolute Gasteiger partial charge is 0.229 e. The number of carbonyl (C=O) groups excluding carboxylic acids is 1. The van der Waals surface area contributed by atoms with Crippen molar-refractivity contribution < 1.29 is 9.32 Å². The van der Waals surface area contributed by atoms with Crippen LogP contribution in [0.15, 0.2) is 21.3 Å². The van der Waals surface area contributed by atoms with E-state index in [1.807, 2.05) is 28.7 Å². The van der Waals surface area contributed by atoms with Crippen LogP contribution in [0.25, 0.3) is 0 Å².